The van der Waals surface area contributed by atoms with Crippen LogP contribution in [-0.4, -0.2) is 67.6 Å². The normalized spacial score (nSPS) is 28.1. The Bertz CT molecular complexity index is 720. The maximum Gasteiger partial charge on any atom is 0.281 e. The molecule has 2 fully saturated rings. The Hall–Kier alpha value is -1.92. The summed E-state index contributed by atoms with van der Waals surface area (Å²) >= 11 is 0. The van der Waals surface area contributed by atoms with Crippen LogP contribution in [0.1, 0.15) is 52.5 Å². The summed E-state index contributed by atoms with van der Waals surface area (Å²) in [4.78, 5) is 30.5. The molecule has 0 unspecified atom stereocenters. The molecule has 2 amide bonds. The van der Waals surface area contributed by atoms with E-state index in [1.807, 2.05) is 18.2 Å². The van der Waals surface area contributed by atoms with E-state index in [9.17, 15) is 9.59 Å². The molecule has 0 bridgehead atoms. The highest BCUT2D eigenvalue weighted by Gasteiger charge is 2.38. The van der Waals surface area contributed by atoms with Gasteiger partial charge in [-0.15, -0.1) is 0 Å². The molecular formula is C24H40N4O2+2. The van der Waals surface area contributed by atoms with E-state index in [1.165, 1.54) is 21.8 Å². The van der Waals surface area contributed by atoms with E-state index in [1.54, 1.807) is 0 Å². The number of nitrogens with one attached hydrogen (secondary N) is 3. The van der Waals surface area contributed by atoms with Gasteiger partial charge in [-0.1, -0.05) is 25.1 Å². The van der Waals surface area contributed by atoms with Gasteiger partial charge in [0.25, 0.3) is 11.8 Å². The van der Waals surface area contributed by atoms with Gasteiger partial charge in [-0.25, -0.2) is 0 Å². The van der Waals surface area contributed by atoms with Crippen LogP contribution in [-0.2, 0) is 16.0 Å². The number of piperidine rings is 1. The van der Waals surface area contributed by atoms with Gasteiger partial charge in [-0.2, -0.15) is 0 Å². The summed E-state index contributed by atoms with van der Waals surface area (Å²) in [5.41, 5.74) is 2.10. The minimum absolute atomic E-state index is 0.000178. The molecule has 2 heterocycles. The zero-order chi connectivity index (χ0) is 21.7. The average Bonchev–Trinajstić information content (AvgIpc) is 2.74. The van der Waals surface area contributed by atoms with Gasteiger partial charge in [0.05, 0.1) is 0 Å². The highest BCUT2D eigenvalue weighted by molar-refractivity contribution is 5.92. The largest absolute Gasteiger partial charge is 0.332 e. The van der Waals surface area contributed by atoms with Crippen molar-refractivity contribution in [2.45, 2.75) is 71.5 Å². The van der Waals surface area contributed by atoms with Crippen LogP contribution >= 0.6 is 0 Å². The molecule has 2 aliphatic heterocycles. The van der Waals surface area contributed by atoms with Crippen LogP contribution in [0, 0.1) is 0 Å². The van der Waals surface area contributed by atoms with Gasteiger partial charge in [0, 0.05) is 17.8 Å². The first kappa shape index (κ1) is 22.8. The molecule has 2 saturated heterocycles. The van der Waals surface area contributed by atoms with E-state index in [4.69, 9.17) is 0 Å². The molecule has 0 spiro atoms. The van der Waals surface area contributed by atoms with Crippen molar-refractivity contribution in [3.63, 3.8) is 0 Å². The molecule has 166 valence electrons. The van der Waals surface area contributed by atoms with Gasteiger partial charge < -0.3 is 20.0 Å². The first-order valence-corrected chi connectivity index (χ1v) is 11.8. The molecule has 3 N–H and O–H groups in total. The fraction of sp³-hybridized carbons (Fsp3) is 0.667. The number of carbonyl (C=O) groups excluding carboxylic acids is 2. The lowest BCUT2D eigenvalue weighted by atomic mass is 9.96. The lowest BCUT2D eigenvalue weighted by molar-refractivity contribution is -1.02. The number of hydrogen-bond donors (Lipinski definition) is 3. The SMILES string of the molecule is CCc1ccccc1NC(=O)C[NH+]1CC[NH+]([C@H](C)C(=O)N2[C@@H](C)CCC[C@@H]2C)CC1. The minimum Gasteiger partial charge on any atom is -0.332 e. The number of piperazine rings is 1. The molecule has 1 aromatic rings. The highest BCUT2D eigenvalue weighted by atomic mass is 16.2. The van der Waals surface area contributed by atoms with Gasteiger partial charge in [0.15, 0.2) is 12.6 Å². The second kappa shape index (κ2) is 10.4. The summed E-state index contributed by atoms with van der Waals surface area (Å²) in [5, 5.41) is 3.09. The fourth-order valence-corrected chi connectivity index (χ4v) is 5.16. The number of anilines is 1. The second-order valence-electron chi connectivity index (χ2n) is 9.24. The van der Waals surface area contributed by atoms with Crippen LogP contribution in [0.2, 0.25) is 0 Å². The topological polar surface area (TPSA) is 58.3 Å². The van der Waals surface area contributed by atoms with Crippen molar-refractivity contribution in [2.75, 3.05) is 38.0 Å². The molecule has 6 heteroatoms. The number of quaternary nitrogens is 2. The van der Waals surface area contributed by atoms with Crippen LogP contribution < -0.4 is 15.1 Å². The molecule has 3 atom stereocenters. The van der Waals surface area contributed by atoms with Crippen LogP contribution in [0.25, 0.3) is 0 Å². The quantitative estimate of drug-likeness (QED) is 0.618. The van der Waals surface area contributed by atoms with Crippen LogP contribution in [0.5, 0.6) is 0 Å². The van der Waals surface area contributed by atoms with Crippen LogP contribution in [0.15, 0.2) is 24.3 Å². The highest BCUT2D eigenvalue weighted by Crippen LogP contribution is 2.22. The molecule has 3 rings (SSSR count). The van der Waals surface area contributed by atoms with Crippen LogP contribution in [0.4, 0.5) is 5.69 Å². The summed E-state index contributed by atoms with van der Waals surface area (Å²) < 4.78 is 0. The first-order valence-electron chi connectivity index (χ1n) is 11.8. The van der Waals surface area contributed by atoms with Gasteiger partial charge in [-0.3, -0.25) is 9.59 Å². The zero-order valence-electron chi connectivity index (χ0n) is 19.2. The van der Waals surface area contributed by atoms with E-state index >= 15 is 0 Å². The molecule has 2 aliphatic rings. The molecule has 0 aromatic heterocycles. The summed E-state index contributed by atoms with van der Waals surface area (Å²) in [6, 6.07) is 8.72. The molecule has 0 saturated carbocycles. The third kappa shape index (κ3) is 5.41. The molecule has 30 heavy (non-hydrogen) atoms. The fourth-order valence-electron chi connectivity index (χ4n) is 5.16. The van der Waals surface area contributed by atoms with Gasteiger partial charge in [0.2, 0.25) is 0 Å². The Balaban J connectivity index is 1.48. The third-order valence-corrected chi connectivity index (χ3v) is 7.11. The number of amides is 2. The summed E-state index contributed by atoms with van der Waals surface area (Å²) in [5.74, 6) is 0.386. The second-order valence-corrected chi connectivity index (χ2v) is 9.24. The molecule has 6 nitrogen and oxygen atoms in total. The van der Waals surface area contributed by atoms with Crippen molar-refractivity contribution in [3.05, 3.63) is 29.8 Å². The lowest BCUT2D eigenvalue weighted by Crippen LogP contribution is -3.30. The Labute approximate surface area is 181 Å². The smallest absolute Gasteiger partial charge is 0.281 e. The van der Waals surface area contributed by atoms with Crippen molar-refractivity contribution < 1.29 is 19.4 Å². The number of para-hydroxylation sites is 1. The Morgan fingerprint density at radius 1 is 1.10 bits per heavy atom. The van der Waals surface area contributed by atoms with Gasteiger partial charge in [-0.05, 0) is 58.1 Å². The maximum atomic E-state index is 13.2. The Morgan fingerprint density at radius 2 is 1.73 bits per heavy atom. The van der Waals surface area contributed by atoms with Crippen molar-refractivity contribution in [3.8, 4) is 0 Å². The van der Waals surface area contributed by atoms with E-state index in [-0.39, 0.29) is 11.9 Å². The summed E-state index contributed by atoms with van der Waals surface area (Å²) in [6.07, 6.45) is 4.37. The van der Waals surface area contributed by atoms with E-state index in [2.05, 4.69) is 44.0 Å². The number of hydrogen-bond acceptors (Lipinski definition) is 2. The predicted octanol–water partition coefficient (Wildman–Crippen LogP) is 0.149. The lowest BCUT2D eigenvalue weighted by Gasteiger charge is -2.42. The monoisotopic (exact) mass is 416 g/mol. The summed E-state index contributed by atoms with van der Waals surface area (Å²) in [6.45, 7) is 12.8. The van der Waals surface area contributed by atoms with Gasteiger partial charge in [0.1, 0.15) is 26.2 Å². The maximum absolute atomic E-state index is 13.2. The standard InChI is InChI=1S/C24H38N4O2/c1-5-21-11-6-7-12-22(21)25-23(29)17-26-13-15-27(16-14-26)20(4)24(30)28-18(2)9-8-10-19(28)3/h6-7,11-12,18-20H,5,8-10,13-17H2,1-4H3,(H,25,29)/p+2/t18-,19-,20+/m0/s1. The molecular weight excluding hydrogens is 376 g/mol. The van der Waals surface area contributed by atoms with E-state index < -0.39 is 0 Å². The van der Waals surface area contributed by atoms with Crippen molar-refractivity contribution in [2.24, 2.45) is 0 Å². The number of rotatable bonds is 6. The number of likely N-dealkylation sites (tertiary alicyclic amines) is 1. The van der Waals surface area contributed by atoms with Gasteiger partial charge >= 0.3 is 0 Å². The van der Waals surface area contributed by atoms with Crippen LogP contribution in [0.3, 0.4) is 0 Å². The average molecular weight is 417 g/mol. The minimum atomic E-state index is -0.000178. The number of carbonyl (C=O) groups is 2. The predicted molar refractivity (Wildman–Crippen MR) is 120 cm³/mol. The van der Waals surface area contributed by atoms with Crippen molar-refractivity contribution in [1.82, 2.24) is 4.90 Å². The van der Waals surface area contributed by atoms with Crippen molar-refractivity contribution in [1.29, 1.82) is 0 Å². The van der Waals surface area contributed by atoms with E-state index in [0.29, 0.717) is 24.5 Å². The van der Waals surface area contributed by atoms with E-state index in [0.717, 1.165) is 51.1 Å². The third-order valence-electron chi connectivity index (χ3n) is 7.11. The molecule has 1 aromatic carbocycles. The number of aryl methyl sites for hydroxylation is 1. The molecule has 0 radical (unpaired) electrons. The summed E-state index contributed by atoms with van der Waals surface area (Å²) in [7, 11) is 0. The first-order chi connectivity index (χ1) is 14.4. The molecule has 0 aliphatic carbocycles. The van der Waals surface area contributed by atoms with Crippen molar-refractivity contribution >= 4 is 17.5 Å². The number of nitrogens with zero attached hydrogens (tertiary/aromatic N) is 1. The number of benzene rings is 1. The Kier molecular flexibility index (Phi) is 7.89. The Morgan fingerprint density at radius 3 is 2.37 bits per heavy atom. The zero-order valence-corrected chi connectivity index (χ0v) is 19.2.